The van der Waals surface area contributed by atoms with E-state index in [1.54, 1.807) is 18.2 Å². The molecule has 0 saturated carbocycles. The van der Waals surface area contributed by atoms with Gasteiger partial charge in [0.05, 0.1) is 11.0 Å². The van der Waals surface area contributed by atoms with Crippen molar-refractivity contribution in [2.24, 2.45) is 5.73 Å². The van der Waals surface area contributed by atoms with Gasteiger partial charge in [-0.25, -0.2) is 13.8 Å². The van der Waals surface area contributed by atoms with Gasteiger partial charge in [0.2, 0.25) is 0 Å². The van der Waals surface area contributed by atoms with E-state index in [-0.39, 0.29) is 5.82 Å². The Hall–Kier alpha value is -1.49. The molecule has 0 bridgehead atoms. The summed E-state index contributed by atoms with van der Waals surface area (Å²) in [5.41, 5.74) is 7.46. The number of benzene rings is 1. The molecule has 0 atom stereocenters. The van der Waals surface area contributed by atoms with Crippen molar-refractivity contribution in [3.8, 4) is 0 Å². The van der Waals surface area contributed by atoms with Gasteiger partial charge in [-0.3, -0.25) is 0 Å². The monoisotopic (exact) mass is 197 g/mol. The zero-order valence-corrected chi connectivity index (χ0v) is 7.30. The summed E-state index contributed by atoms with van der Waals surface area (Å²) in [5, 5.41) is 0. The van der Waals surface area contributed by atoms with E-state index in [1.807, 2.05) is 0 Å². The van der Waals surface area contributed by atoms with Crippen LogP contribution in [-0.4, -0.2) is 9.97 Å². The number of hydrogen-bond acceptors (Lipinski definition) is 2. The predicted octanol–water partition coefficient (Wildman–Crippen LogP) is 1.96. The number of alkyl halides is 2. The van der Waals surface area contributed by atoms with E-state index in [4.69, 9.17) is 5.73 Å². The van der Waals surface area contributed by atoms with Crippen LogP contribution in [0.15, 0.2) is 18.2 Å². The van der Waals surface area contributed by atoms with Gasteiger partial charge in [0.25, 0.3) is 6.43 Å². The average Bonchev–Trinajstić information content (AvgIpc) is 2.59. The maximum atomic E-state index is 12.3. The molecule has 0 radical (unpaired) electrons. The van der Waals surface area contributed by atoms with Gasteiger partial charge < -0.3 is 10.7 Å². The third kappa shape index (κ3) is 1.46. The fraction of sp³-hybridized carbons (Fsp3) is 0.222. The van der Waals surface area contributed by atoms with E-state index in [0.29, 0.717) is 17.6 Å². The Bertz CT molecular complexity index is 450. The van der Waals surface area contributed by atoms with Crippen LogP contribution in [0.5, 0.6) is 0 Å². The number of nitrogens with zero attached hydrogens (tertiary/aromatic N) is 1. The highest BCUT2D eigenvalue weighted by molar-refractivity contribution is 5.75. The quantitative estimate of drug-likeness (QED) is 0.773. The fourth-order valence-electron chi connectivity index (χ4n) is 1.31. The molecule has 0 unspecified atom stereocenters. The summed E-state index contributed by atoms with van der Waals surface area (Å²) >= 11 is 0. The largest absolute Gasteiger partial charge is 0.337 e. The number of fused-ring (bicyclic) bond motifs is 1. The van der Waals surface area contributed by atoms with Crippen molar-refractivity contribution in [3.05, 3.63) is 29.6 Å². The second kappa shape index (κ2) is 3.34. The number of hydrogen-bond donors (Lipinski definition) is 2. The lowest BCUT2D eigenvalue weighted by Crippen LogP contribution is -1.95. The van der Waals surface area contributed by atoms with Gasteiger partial charge in [0.1, 0.15) is 0 Å². The Balaban J connectivity index is 2.54. The van der Waals surface area contributed by atoms with Crippen molar-refractivity contribution in [1.82, 2.24) is 9.97 Å². The van der Waals surface area contributed by atoms with E-state index in [9.17, 15) is 8.78 Å². The Labute approximate surface area is 78.9 Å². The second-order valence-electron chi connectivity index (χ2n) is 2.98. The second-order valence-corrected chi connectivity index (χ2v) is 2.98. The van der Waals surface area contributed by atoms with Gasteiger partial charge in [0, 0.05) is 6.54 Å². The number of H-pyrrole nitrogens is 1. The molecule has 1 heterocycles. The van der Waals surface area contributed by atoms with Crippen LogP contribution in [-0.2, 0) is 6.54 Å². The van der Waals surface area contributed by atoms with Crippen LogP contribution in [0.3, 0.4) is 0 Å². The number of nitrogens with one attached hydrogen (secondary N) is 1. The fourth-order valence-corrected chi connectivity index (χ4v) is 1.31. The Morgan fingerprint density at radius 2 is 2.21 bits per heavy atom. The lowest BCUT2D eigenvalue weighted by molar-refractivity contribution is 0.142. The van der Waals surface area contributed by atoms with E-state index >= 15 is 0 Å². The summed E-state index contributed by atoms with van der Waals surface area (Å²) in [5.74, 6) is -0.297. The number of aromatic amines is 1. The molecular weight excluding hydrogens is 188 g/mol. The molecule has 0 aliphatic heterocycles. The number of aromatic nitrogens is 2. The van der Waals surface area contributed by atoms with Crippen LogP contribution in [0.1, 0.15) is 17.8 Å². The van der Waals surface area contributed by atoms with Gasteiger partial charge >= 0.3 is 0 Å². The Morgan fingerprint density at radius 1 is 1.43 bits per heavy atom. The molecule has 3 nitrogen and oxygen atoms in total. The number of halogens is 2. The average molecular weight is 197 g/mol. The molecule has 0 saturated heterocycles. The van der Waals surface area contributed by atoms with Crippen LogP contribution in [0, 0.1) is 0 Å². The summed E-state index contributed by atoms with van der Waals surface area (Å²) in [6, 6.07) is 5.19. The van der Waals surface area contributed by atoms with E-state index in [1.165, 1.54) is 0 Å². The molecule has 0 spiro atoms. The highest BCUT2D eigenvalue weighted by Gasteiger charge is 2.12. The highest BCUT2D eigenvalue weighted by Crippen LogP contribution is 2.20. The summed E-state index contributed by atoms with van der Waals surface area (Å²) in [7, 11) is 0. The molecule has 1 aromatic carbocycles. The first-order valence-corrected chi connectivity index (χ1v) is 4.17. The summed E-state index contributed by atoms with van der Waals surface area (Å²) in [6.07, 6.45) is -2.57. The number of imidazole rings is 1. The lowest BCUT2D eigenvalue weighted by atomic mass is 10.2. The number of rotatable bonds is 2. The van der Waals surface area contributed by atoms with Crippen molar-refractivity contribution < 1.29 is 8.78 Å². The first-order valence-electron chi connectivity index (χ1n) is 4.17. The topological polar surface area (TPSA) is 54.7 Å². The van der Waals surface area contributed by atoms with Crippen LogP contribution in [0.4, 0.5) is 8.78 Å². The van der Waals surface area contributed by atoms with Gasteiger partial charge in [-0.1, -0.05) is 6.07 Å². The molecule has 2 rings (SSSR count). The molecule has 1 aromatic heterocycles. The van der Waals surface area contributed by atoms with Crippen molar-refractivity contribution in [1.29, 1.82) is 0 Å². The molecule has 74 valence electrons. The lowest BCUT2D eigenvalue weighted by Gasteiger charge is -1.94. The maximum absolute atomic E-state index is 12.3. The smallest absolute Gasteiger partial charge is 0.295 e. The van der Waals surface area contributed by atoms with Gasteiger partial charge in [0.15, 0.2) is 5.82 Å². The molecule has 0 fully saturated rings. The highest BCUT2D eigenvalue weighted by atomic mass is 19.3. The molecule has 14 heavy (non-hydrogen) atoms. The molecule has 0 aliphatic rings. The third-order valence-electron chi connectivity index (χ3n) is 2.01. The molecule has 2 aromatic rings. The van der Waals surface area contributed by atoms with Crippen molar-refractivity contribution in [3.63, 3.8) is 0 Å². The normalized spacial score (nSPS) is 11.4. The van der Waals surface area contributed by atoms with Crippen LogP contribution < -0.4 is 5.73 Å². The zero-order valence-electron chi connectivity index (χ0n) is 7.30. The van der Waals surface area contributed by atoms with Crippen molar-refractivity contribution in [2.75, 3.05) is 0 Å². The summed E-state index contributed by atoms with van der Waals surface area (Å²) in [4.78, 5) is 6.29. The van der Waals surface area contributed by atoms with Crippen LogP contribution in [0.25, 0.3) is 11.0 Å². The Kier molecular flexibility index (Phi) is 2.17. The van der Waals surface area contributed by atoms with E-state index < -0.39 is 6.43 Å². The van der Waals surface area contributed by atoms with Crippen LogP contribution >= 0.6 is 0 Å². The van der Waals surface area contributed by atoms with E-state index in [0.717, 1.165) is 5.56 Å². The first-order chi connectivity index (χ1) is 6.70. The summed E-state index contributed by atoms with van der Waals surface area (Å²) in [6.45, 7) is 0.388. The van der Waals surface area contributed by atoms with E-state index in [2.05, 4.69) is 9.97 Å². The van der Waals surface area contributed by atoms with Crippen molar-refractivity contribution in [2.45, 2.75) is 13.0 Å². The molecular formula is C9H9F2N3. The minimum Gasteiger partial charge on any atom is -0.337 e. The molecule has 5 heteroatoms. The third-order valence-corrected chi connectivity index (χ3v) is 2.01. The van der Waals surface area contributed by atoms with Gasteiger partial charge in [-0.2, -0.15) is 0 Å². The SMILES string of the molecule is NCc1ccc2nc(C(F)F)[nH]c2c1. The minimum atomic E-state index is -2.57. The van der Waals surface area contributed by atoms with Gasteiger partial charge in [-0.15, -0.1) is 0 Å². The first kappa shape index (κ1) is 9.08. The Morgan fingerprint density at radius 3 is 2.86 bits per heavy atom. The van der Waals surface area contributed by atoms with Gasteiger partial charge in [-0.05, 0) is 17.7 Å². The predicted molar refractivity (Wildman–Crippen MR) is 48.9 cm³/mol. The van der Waals surface area contributed by atoms with Crippen molar-refractivity contribution >= 4 is 11.0 Å². The zero-order chi connectivity index (χ0) is 10.1. The molecule has 0 amide bonds. The molecule has 0 aliphatic carbocycles. The summed E-state index contributed by atoms with van der Waals surface area (Å²) < 4.78 is 24.5. The number of nitrogens with two attached hydrogens (primary N) is 1. The maximum Gasteiger partial charge on any atom is 0.295 e. The minimum absolute atomic E-state index is 0.297. The standard InChI is InChI=1S/C9H9F2N3/c10-8(11)9-13-6-2-1-5(4-12)3-7(6)14-9/h1-3,8H,4,12H2,(H,13,14). The molecule has 3 N–H and O–H groups in total. The van der Waals surface area contributed by atoms with Crippen LogP contribution in [0.2, 0.25) is 0 Å².